The van der Waals surface area contributed by atoms with Gasteiger partial charge in [0.2, 0.25) is 5.91 Å². The number of nitrogens with one attached hydrogen (secondary N) is 2. The van der Waals surface area contributed by atoms with Crippen molar-refractivity contribution in [2.45, 2.75) is 43.3 Å². The molecule has 2 fully saturated rings. The molecule has 1 aliphatic carbocycles. The third-order valence-electron chi connectivity index (χ3n) is 5.29. The number of hydrogen-bond donors (Lipinski definition) is 2. The number of carbonyl (C=O) groups excluding carboxylic acids is 1. The predicted octanol–water partition coefficient (Wildman–Crippen LogP) is 1.21. The molecule has 2 heterocycles. The van der Waals surface area contributed by atoms with Crippen LogP contribution in [-0.2, 0) is 20.4 Å². The van der Waals surface area contributed by atoms with E-state index in [1.54, 1.807) is 6.07 Å². The smallest absolute Gasteiger partial charge is 0.294 e. The molecule has 2 N–H and O–H groups in total. The molecular formula is C16H18N4O3S. The summed E-state index contributed by atoms with van der Waals surface area (Å²) >= 11 is 0. The van der Waals surface area contributed by atoms with Crippen molar-refractivity contribution in [3.05, 3.63) is 41.2 Å². The average Bonchev–Trinajstić information content (AvgIpc) is 3.05. The van der Waals surface area contributed by atoms with Crippen molar-refractivity contribution < 1.29 is 13.2 Å². The zero-order valence-corrected chi connectivity index (χ0v) is 13.8. The Balaban J connectivity index is 1.70. The van der Waals surface area contributed by atoms with Gasteiger partial charge in [-0.25, -0.2) is 6.57 Å². The molecule has 1 saturated heterocycles. The summed E-state index contributed by atoms with van der Waals surface area (Å²) in [4.78, 5) is 16.1. The van der Waals surface area contributed by atoms with E-state index in [9.17, 15) is 13.2 Å². The summed E-state index contributed by atoms with van der Waals surface area (Å²) in [5.74, 6) is -0.223. The van der Waals surface area contributed by atoms with Gasteiger partial charge in [-0.15, -0.1) is 4.31 Å². The molecule has 8 heteroatoms. The van der Waals surface area contributed by atoms with Crippen molar-refractivity contribution in [1.29, 1.82) is 0 Å². The Labute approximate surface area is 141 Å². The topological polar surface area (TPSA) is 82.9 Å². The minimum atomic E-state index is -3.78. The quantitative estimate of drug-likeness (QED) is 0.807. The van der Waals surface area contributed by atoms with E-state index in [1.165, 1.54) is 4.31 Å². The second kappa shape index (κ2) is 5.28. The molecule has 1 aromatic carbocycles. The summed E-state index contributed by atoms with van der Waals surface area (Å²) in [6, 6.07) is 7.24. The Bertz CT molecular complexity index is 843. The number of carbonyl (C=O) groups is 1. The summed E-state index contributed by atoms with van der Waals surface area (Å²) in [6.07, 6.45) is 1.98. The second-order valence-corrected chi connectivity index (χ2v) is 8.35. The lowest BCUT2D eigenvalue weighted by Crippen LogP contribution is -2.49. The molecule has 126 valence electrons. The number of nitrogens with zero attached hydrogens (tertiary/aromatic N) is 2. The van der Waals surface area contributed by atoms with Gasteiger partial charge in [-0.3, -0.25) is 9.64 Å². The van der Waals surface area contributed by atoms with Crippen LogP contribution in [0.3, 0.4) is 0 Å². The van der Waals surface area contributed by atoms with Gasteiger partial charge in [-0.1, -0.05) is 24.6 Å². The number of anilines is 1. The van der Waals surface area contributed by atoms with Crippen LogP contribution >= 0.6 is 0 Å². The molecule has 0 radical (unpaired) electrons. The summed E-state index contributed by atoms with van der Waals surface area (Å²) < 4.78 is 29.2. The Hall–Kier alpha value is -1.95. The van der Waals surface area contributed by atoms with E-state index in [-0.39, 0.29) is 24.9 Å². The van der Waals surface area contributed by atoms with Crippen LogP contribution in [0.4, 0.5) is 5.69 Å². The molecule has 24 heavy (non-hydrogen) atoms. The molecule has 1 amide bonds. The molecule has 4 rings (SSSR count). The zero-order valence-electron chi connectivity index (χ0n) is 13.0. The van der Waals surface area contributed by atoms with Gasteiger partial charge >= 0.3 is 0 Å². The molecule has 1 aromatic rings. The average molecular weight is 346 g/mol. The van der Waals surface area contributed by atoms with E-state index >= 15 is 0 Å². The van der Waals surface area contributed by atoms with Gasteiger partial charge in [0.15, 0.2) is 0 Å². The van der Waals surface area contributed by atoms with E-state index in [0.717, 1.165) is 24.8 Å². The van der Waals surface area contributed by atoms with Crippen molar-refractivity contribution in [3.63, 3.8) is 0 Å². The molecule has 2 atom stereocenters. The van der Waals surface area contributed by atoms with Gasteiger partial charge in [0, 0.05) is 18.3 Å². The highest BCUT2D eigenvalue weighted by molar-refractivity contribution is 7.87. The Morgan fingerprint density at radius 3 is 2.75 bits per heavy atom. The van der Waals surface area contributed by atoms with Crippen LogP contribution in [0.5, 0.6) is 0 Å². The molecule has 1 saturated carbocycles. The van der Waals surface area contributed by atoms with Crippen molar-refractivity contribution in [1.82, 2.24) is 9.03 Å². The van der Waals surface area contributed by atoms with Crippen LogP contribution in [0, 0.1) is 6.57 Å². The Kier molecular flexibility index (Phi) is 3.42. The van der Waals surface area contributed by atoms with E-state index in [0.29, 0.717) is 5.69 Å². The van der Waals surface area contributed by atoms with Crippen LogP contribution in [-0.4, -0.2) is 37.4 Å². The normalized spacial score (nSPS) is 30.0. The van der Waals surface area contributed by atoms with Gasteiger partial charge in [-0.05, 0) is 24.5 Å². The highest BCUT2D eigenvalue weighted by atomic mass is 32.2. The number of fused-ring (bicyclic) bond motifs is 2. The number of hydrogen-bond acceptors (Lipinski definition) is 3. The molecule has 1 spiro atoms. The standard InChI is InChI=1S/C16H18N4O3S/c1-17-14-9-16(12-7-2-3-8-13(12)18-15(16)21)10-20(14)24(22,23)19-11-5-4-6-11/h2-3,7-8,11,14,19H,4-6,9-10H2,(H,18,21)/t14-,16-/m0/s1. The van der Waals surface area contributed by atoms with Gasteiger partial charge in [0.05, 0.1) is 11.8 Å². The van der Waals surface area contributed by atoms with Gasteiger partial charge < -0.3 is 5.32 Å². The fourth-order valence-electron chi connectivity index (χ4n) is 3.74. The summed E-state index contributed by atoms with van der Waals surface area (Å²) in [5, 5.41) is 2.83. The molecular weight excluding hydrogens is 328 g/mol. The van der Waals surface area contributed by atoms with Gasteiger partial charge in [0.25, 0.3) is 16.4 Å². The number of benzene rings is 1. The Morgan fingerprint density at radius 1 is 1.33 bits per heavy atom. The SMILES string of the molecule is [C-]#[N+][C@@H]1C[C@@]2(CN1S(=O)(=O)NC1CCC1)C(=O)Nc1ccccc12. The highest BCUT2D eigenvalue weighted by Crippen LogP contribution is 2.47. The van der Waals surface area contributed by atoms with Crippen molar-refractivity contribution in [2.24, 2.45) is 0 Å². The second-order valence-electron chi connectivity index (χ2n) is 6.69. The predicted molar refractivity (Wildman–Crippen MR) is 88.2 cm³/mol. The maximum Gasteiger partial charge on any atom is 0.294 e. The lowest BCUT2D eigenvalue weighted by Gasteiger charge is -2.29. The van der Waals surface area contributed by atoms with Gasteiger partial charge in [0.1, 0.15) is 0 Å². The fourth-order valence-corrected chi connectivity index (χ4v) is 5.37. The number of amides is 1. The molecule has 3 aliphatic rings. The van der Waals surface area contributed by atoms with Crippen LogP contribution < -0.4 is 10.0 Å². The van der Waals surface area contributed by atoms with Crippen LogP contribution in [0.1, 0.15) is 31.2 Å². The monoisotopic (exact) mass is 346 g/mol. The molecule has 0 bridgehead atoms. The summed E-state index contributed by atoms with van der Waals surface area (Å²) in [5.41, 5.74) is 0.516. The minimum Gasteiger partial charge on any atom is -0.325 e. The lowest BCUT2D eigenvalue weighted by atomic mass is 9.80. The van der Waals surface area contributed by atoms with Gasteiger partial charge in [-0.2, -0.15) is 13.1 Å². The lowest BCUT2D eigenvalue weighted by molar-refractivity contribution is -0.120. The van der Waals surface area contributed by atoms with E-state index in [2.05, 4.69) is 14.9 Å². The Morgan fingerprint density at radius 2 is 2.08 bits per heavy atom. The first-order chi connectivity index (χ1) is 11.5. The van der Waals surface area contributed by atoms with E-state index < -0.39 is 21.8 Å². The minimum absolute atomic E-state index is 0.00491. The first kappa shape index (κ1) is 15.6. The number of rotatable bonds is 3. The number of para-hydroxylation sites is 1. The summed E-state index contributed by atoms with van der Waals surface area (Å²) in [7, 11) is -3.78. The molecule has 7 nitrogen and oxygen atoms in total. The zero-order chi connectivity index (χ0) is 16.9. The van der Waals surface area contributed by atoms with Crippen molar-refractivity contribution in [2.75, 3.05) is 11.9 Å². The fraction of sp³-hybridized carbons (Fsp3) is 0.500. The van der Waals surface area contributed by atoms with Crippen LogP contribution in [0.25, 0.3) is 4.85 Å². The van der Waals surface area contributed by atoms with E-state index in [1.807, 2.05) is 18.2 Å². The molecule has 0 aromatic heterocycles. The van der Waals surface area contributed by atoms with E-state index in [4.69, 9.17) is 6.57 Å². The molecule has 0 unspecified atom stereocenters. The first-order valence-corrected chi connectivity index (χ1v) is 9.47. The van der Waals surface area contributed by atoms with Crippen LogP contribution in [0.15, 0.2) is 24.3 Å². The first-order valence-electron chi connectivity index (χ1n) is 8.03. The van der Waals surface area contributed by atoms with Crippen molar-refractivity contribution in [3.8, 4) is 0 Å². The van der Waals surface area contributed by atoms with Crippen LogP contribution in [0.2, 0.25) is 0 Å². The maximum absolute atomic E-state index is 12.7. The third-order valence-corrected chi connectivity index (χ3v) is 6.91. The highest BCUT2D eigenvalue weighted by Gasteiger charge is 2.60. The maximum atomic E-state index is 12.7. The molecule has 2 aliphatic heterocycles. The third kappa shape index (κ3) is 2.16. The van der Waals surface area contributed by atoms with Crippen molar-refractivity contribution >= 4 is 21.8 Å². The largest absolute Gasteiger partial charge is 0.325 e. The summed E-state index contributed by atoms with van der Waals surface area (Å²) in [6.45, 7) is 7.41.